The maximum Gasteiger partial charge on any atom is 0.285 e. The summed E-state index contributed by atoms with van der Waals surface area (Å²) in [7, 11) is 0. The van der Waals surface area contributed by atoms with Crippen LogP contribution in [0, 0.1) is 11.8 Å². The lowest BCUT2D eigenvalue weighted by Gasteiger charge is -2.39. The van der Waals surface area contributed by atoms with Gasteiger partial charge in [0.15, 0.2) is 0 Å². The van der Waals surface area contributed by atoms with Crippen LogP contribution in [0.3, 0.4) is 0 Å². The van der Waals surface area contributed by atoms with Crippen molar-refractivity contribution in [1.82, 2.24) is 5.32 Å². The fourth-order valence-electron chi connectivity index (χ4n) is 2.82. The van der Waals surface area contributed by atoms with E-state index >= 15 is 0 Å². The molecule has 1 aliphatic carbocycles. The van der Waals surface area contributed by atoms with Crippen molar-refractivity contribution >= 4 is 6.02 Å². The van der Waals surface area contributed by atoms with Crippen LogP contribution in [0.4, 0.5) is 0 Å². The topological polar surface area (TPSA) is 74.1 Å². The van der Waals surface area contributed by atoms with Gasteiger partial charge < -0.3 is 20.3 Å². The number of aliphatic hydroxyl groups excluding tert-OH is 2. The monoisotopic (exact) mass is 256 g/mol. The van der Waals surface area contributed by atoms with E-state index in [9.17, 15) is 10.2 Å². The van der Waals surface area contributed by atoms with Crippen LogP contribution in [0.15, 0.2) is 4.99 Å². The number of nitrogens with zero attached hydrogens (tertiary/aromatic N) is 1. The molecule has 1 heterocycles. The highest BCUT2D eigenvalue weighted by Crippen LogP contribution is 2.34. The Morgan fingerprint density at radius 2 is 2.11 bits per heavy atom. The average Bonchev–Trinajstić information content (AvgIpc) is 2.74. The Hall–Kier alpha value is -0.810. The van der Waals surface area contributed by atoms with Crippen LogP contribution in [0.5, 0.6) is 0 Å². The molecule has 0 spiro atoms. The molecule has 1 saturated heterocycles. The smallest absolute Gasteiger partial charge is 0.285 e. The number of ether oxygens (including phenoxy) is 1. The van der Waals surface area contributed by atoms with Gasteiger partial charge in [0, 0.05) is 6.54 Å². The summed E-state index contributed by atoms with van der Waals surface area (Å²) in [6.45, 7) is 6.90. The third-order valence-corrected chi connectivity index (χ3v) is 3.95. The van der Waals surface area contributed by atoms with Crippen LogP contribution in [0.25, 0.3) is 0 Å². The molecule has 0 aromatic carbocycles. The van der Waals surface area contributed by atoms with Crippen molar-refractivity contribution in [1.29, 1.82) is 0 Å². The van der Waals surface area contributed by atoms with Crippen LogP contribution < -0.4 is 5.32 Å². The molecule has 0 aromatic rings. The lowest BCUT2D eigenvalue weighted by molar-refractivity contribution is -0.0948. The molecule has 5 unspecified atom stereocenters. The molecule has 0 bridgehead atoms. The van der Waals surface area contributed by atoms with Crippen LogP contribution in [0.2, 0.25) is 0 Å². The Labute approximate surface area is 108 Å². The summed E-state index contributed by atoms with van der Waals surface area (Å²) in [6, 6.07) is 0.285. The summed E-state index contributed by atoms with van der Waals surface area (Å²) in [5.74, 6) is 0.407. The van der Waals surface area contributed by atoms with Crippen molar-refractivity contribution < 1.29 is 14.9 Å². The number of fused-ring (bicyclic) bond motifs is 1. The second-order valence-electron chi connectivity index (χ2n) is 5.64. The number of hydrogen-bond acceptors (Lipinski definition) is 4. The number of aliphatic imine (C=N–C) groups is 1. The minimum Gasteiger partial charge on any atom is -0.460 e. The van der Waals surface area contributed by atoms with E-state index in [1.165, 1.54) is 0 Å². The molecule has 3 N–H and O–H groups in total. The second kappa shape index (κ2) is 5.45. The highest BCUT2D eigenvalue weighted by molar-refractivity contribution is 5.76. The van der Waals surface area contributed by atoms with E-state index in [1.54, 1.807) is 0 Å². The molecular formula is C13H24N2O3. The van der Waals surface area contributed by atoms with E-state index in [0.29, 0.717) is 18.5 Å². The minimum absolute atomic E-state index is 0.0774. The van der Waals surface area contributed by atoms with Crippen molar-refractivity contribution in [3.63, 3.8) is 0 Å². The Balaban J connectivity index is 2.07. The molecule has 18 heavy (non-hydrogen) atoms. The minimum atomic E-state index is -0.787. The van der Waals surface area contributed by atoms with Gasteiger partial charge in [0.1, 0.15) is 12.2 Å². The Kier molecular flexibility index (Phi) is 4.12. The molecule has 0 amide bonds. The summed E-state index contributed by atoms with van der Waals surface area (Å²) in [6.07, 6.45) is 0.173. The van der Waals surface area contributed by atoms with Crippen molar-refractivity contribution in [3.8, 4) is 0 Å². The fourth-order valence-corrected chi connectivity index (χ4v) is 2.82. The molecule has 104 valence electrons. The van der Waals surface area contributed by atoms with Crippen molar-refractivity contribution in [2.45, 2.75) is 58.0 Å². The summed E-state index contributed by atoms with van der Waals surface area (Å²) in [5, 5.41) is 23.4. The van der Waals surface area contributed by atoms with Crippen molar-refractivity contribution in [2.75, 3.05) is 6.54 Å². The van der Waals surface area contributed by atoms with E-state index in [2.05, 4.69) is 31.1 Å². The number of aliphatic hydroxyl groups is 2. The van der Waals surface area contributed by atoms with Gasteiger partial charge in [-0.3, -0.25) is 0 Å². The van der Waals surface area contributed by atoms with Crippen LogP contribution in [-0.2, 0) is 4.74 Å². The van der Waals surface area contributed by atoms with Crippen molar-refractivity contribution in [3.05, 3.63) is 0 Å². The van der Waals surface area contributed by atoms with E-state index in [1.807, 2.05) is 0 Å². The zero-order valence-corrected chi connectivity index (χ0v) is 11.3. The third-order valence-electron chi connectivity index (χ3n) is 3.95. The predicted octanol–water partition coefficient (Wildman–Crippen LogP) is 0.507. The molecule has 5 atom stereocenters. The molecule has 5 heteroatoms. The SMILES string of the molecule is CCCN=C1NC2C(CC(C(C)C)C(O)C2O)O1. The molecule has 2 aliphatic rings. The number of nitrogens with one attached hydrogen (secondary N) is 1. The number of amidine groups is 1. The zero-order chi connectivity index (χ0) is 13.3. The normalized spacial score (nSPS) is 41.7. The van der Waals surface area contributed by atoms with Crippen LogP contribution >= 0.6 is 0 Å². The Morgan fingerprint density at radius 1 is 1.39 bits per heavy atom. The van der Waals surface area contributed by atoms with Crippen molar-refractivity contribution in [2.24, 2.45) is 16.8 Å². The Morgan fingerprint density at radius 3 is 2.72 bits per heavy atom. The lowest BCUT2D eigenvalue weighted by atomic mass is 9.74. The van der Waals surface area contributed by atoms with Gasteiger partial charge in [0.2, 0.25) is 0 Å². The van der Waals surface area contributed by atoms with Gasteiger partial charge in [-0.05, 0) is 24.7 Å². The lowest BCUT2D eigenvalue weighted by Crippen LogP contribution is -2.56. The largest absolute Gasteiger partial charge is 0.460 e. The first-order valence-corrected chi connectivity index (χ1v) is 6.88. The van der Waals surface area contributed by atoms with Gasteiger partial charge in [0.25, 0.3) is 6.02 Å². The summed E-state index contributed by atoms with van der Waals surface area (Å²) >= 11 is 0. The van der Waals surface area contributed by atoms with Crippen LogP contribution in [-0.4, -0.2) is 47.1 Å². The van der Waals surface area contributed by atoms with Crippen LogP contribution in [0.1, 0.15) is 33.6 Å². The molecule has 2 fully saturated rings. The van der Waals surface area contributed by atoms with Gasteiger partial charge in [-0.1, -0.05) is 20.8 Å². The number of rotatable bonds is 3. The van der Waals surface area contributed by atoms with E-state index in [4.69, 9.17) is 4.74 Å². The highest BCUT2D eigenvalue weighted by atomic mass is 16.5. The second-order valence-corrected chi connectivity index (χ2v) is 5.64. The molecule has 0 aromatic heterocycles. The first-order valence-electron chi connectivity index (χ1n) is 6.88. The fraction of sp³-hybridized carbons (Fsp3) is 0.923. The molecule has 1 saturated carbocycles. The van der Waals surface area contributed by atoms with E-state index in [-0.39, 0.29) is 18.1 Å². The van der Waals surface area contributed by atoms with Gasteiger partial charge in [0.05, 0.1) is 12.1 Å². The van der Waals surface area contributed by atoms with Gasteiger partial charge >= 0.3 is 0 Å². The molecule has 0 radical (unpaired) electrons. The van der Waals surface area contributed by atoms with Gasteiger partial charge in [-0.25, -0.2) is 4.99 Å². The molecular weight excluding hydrogens is 232 g/mol. The standard InChI is InChI=1S/C13H24N2O3/c1-4-5-14-13-15-10-9(18-13)6-8(7(2)3)11(16)12(10)17/h7-12,16-17H,4-6H2,1-3H3,(H,14,15). The maximum atomic E-state index is 10.2. The van der Waals surface area contributed by atoms with Gasteiger partial charge in [-0.2, -0.15) is 0 Å². The highest BCUT2D eigenvalue weighted by Gasteiger charge is 2.49. The quantitative estimate of drug-likeness (QED) is 0.688. The maximum absolute atomic E-state index is 10.2. The molecule has 2 rings (SSSR count). The molecule has 1 aliphatic heterocycles. The van der Waals surface area contributed by atoms with E-state index < -0.39 is 12.2 Å². The first-order chi connectivity index (χ1) is 8.54. The van der Waals surface area contributed by atoms with E-state index in [0.717, 1.165) is 12.8 Å². The summed E-state index contributed by atoms with van der Waals surface area (Å²) < 4.78 is 5.73. The average molecular weight is 256 g/mol. The summed E-state index contributed by atoms with van der Waals surface area (Å²) in [4.78, 5) is 4.29. The van der Waals surface area contributed by atoms with Gasteiger partial charge in [-0.15, -0.1) is 0 Å². The summed E-state index contributed by atoms with van der Waals surface area (Å²) in [5.41, 5.74) is 0. The Bertz CT molecular complexity index is 319. The molecule has 5 nitrogen and oxygen atoms in total. The first kappa shape index (κ1) is 13.6. The third kappa shape index (κ3) is 2.47. The zero-order valence-electron chi connectivity index (χ0n) is 11.3. The predicted molar refractivity (Wildman–Crippen MR) is 69.3 cm³/mol. The number of hydrogen-bond donors (Lipinski definition) is 3.